The van der Waals surface area contributed by atoms with Gasteiger partial charge < -0.3 is 4.57 Å². The average molecular weight is 257 g/mol. The highest BCUT2D eigenvalue weighted by Gasteiger charge is 2.48. The van der Waals surface area contributed by atoms with E-state index in [-0.39, 0.29) is 5.78 Å². The van der Waals surface area contributed by atoms with Crippen molar-refractivity contribution in [2.75, 3.05) is 13.6 Å². The highest BCUT2D eigenvalue weighted by Crippen LogP contribution is 2.55. The van der Waals surface area contributed by atoms with Crippen molar-refractivity contribution >= 4 is 17.8 Å². The Hall–Kier alpha value is -1.37. The largest absolute Gasteiger partial charge is 0.312 e. The minimum atomic E-state index is -2.52. The molecule has 0 saturated carbocycles. The Kier molecular flexibility index (Phi) is 2.85. The van der Waals surface area contributed by atoms with E-state index >= 15 is 0 Å². The standard InChI is InChI=1S/C15H16NOP/c1-16-12-15(16)18(17,13-8-4-2-5-9-13)14-10-6-3-7-11-14/h2-11,15H,12H2,1H3. The van der Waals surface area contributed by atoms with Crippen LogP contribution in [0.2, 0.25) is 0 Å². The fraction of sp³-hybridized carbons (Fsp3) is 0.200. The molecular formula is C15H16NOP. The van der Waals surface area contributed by atoms with Crippen molar-refractivity contribution in [2.45, 2.75) is 5.78 Å². The fourth-order valence-electron chi connectivity index (χ4n) is 2.40. The number of rotatable bonds is 3. The van der Waals surface area contributed by atoms with Crippen LogP contribution in [0.25, 0.3) is 0 Å². The van der Waals surface area contributed by atoms with E-state index in [1.807, 2.05) is 67.7 Å². The lowest BCUT2D eigenvalue weighted by atomic mass is 10.4. The Morgan fingerprint density at radius 2 is 1.33 bits per heavy atom. The summed E-state index contributed by atoms with van der Waals surface area (Å²) in [7, 11) is -0.484. The van der Waals surface area contributed by atoms with E-state index < -0.39 is 7.14 Å². The first kappa shape index (κ1) is 11.7. The summed E-state index contributed by atoms with van der Waals surface area (Å²) in [5.41, 5.74) is 0. The molecule has 3 rings (SSSR count). The van der Waals surface area contributed by atoms with Crippen LogP contribution in [0, 0.1) is 0 Å². The van der Waals surface area contributed by atoms with Crippen LogP contribution in [0.5, 0.6) is 0 Å². The van der Waals surface area contributed by atoms with Crippen LogP contribution < -0.4 is 10.6 Å². The van der Waals surface area contributed by atoms with Crippen molar-refractivity contribution in [3.63, 3.8) is 0 Å². The van der Waals surface area contributed by atoms with Gasteiger partial charge in [-0.3, -0.25) is 4.90 Å². The normalized spacial score (nSPS) is 22.7. The molecule has 18 heavy (non-hydrogen) atoms. The SMILES string of the molecule is CN1CC1P(=O)(c1ccccc1)c1ccccc1. The third-order valence-corrected chi connectivity index (χ3v) is 7.05. The Morgan fingerprint density at radius 1 is 0.944 bits per heavy atom. The van der Waals surface area contributed by atoms with Crippen LogP contribution in [-0.4, -0.2) is 24.3 Å². The summed E-state index contributed by atoms with van der Waals surface area (Å²) in [6.45, 7) is 0.918. The van der Waals surface area contributed by atoms with Gasteiger partial charge in [-0.05, 0) is 7.05 Å². The molecule has 1 heterocycles. The molecule has 0 spiro atoms. The predicted octanol–water partition coefficient (Wildman–Crippen LogP) is 2.27. The highest BCUT2D eigenvalue weighted by atomic mass is 31.2. The van der Waals surface area contributed by atoms with Crippen molar-refractivity contribution in [1.82, 2.24) is 4.90 Å². The Balaban J connectivity index is 2.14. The molecule has 1 saturated heterocycles. The van der Waals surface area contributed by atoms with Gasteiger partial charge in [0.1, 0.15) is 0 Å². The first-order valence-electron chi connectivity index (χ1n) is 6.14. The van der Waals surface area contributed by atoms with E-state index in [2.05, 4.69) is 4.90 Å². The molecule has 0 aliphatic carbocycles. The maximum atomic E-state index is 13.5. The van der Waals surface area contributed by atoms with Gasteiger partial charge in [-0.15, -0.1) is 0 Å². The molecule has 3 heteroatoms. The zero-order chi connectivity index (χ0) is 12.6. The fourth-order valence-corrected chi connectivity index (χ4v) is 5.65. The highest BCUT2D eigenvalue weighted by molar-refractivity contribution is 7.79. The molecule has 92 valence electrons. The lowest BCUT2D eigenvalue weighted by Crippen LogP contribution is -2.21. The molecule has 0 amide bonds. The van der Waals surface area contributed by atoms with Gasteiger partial charge in [0.2, 0.25) is 0 Å². The number of likely N-dealkylation sites (N-methyl/N-ethyl adjacent to an activating group) is 1. The van der Waals surface area contributed by atoms with E-state index in [4.69, 9.17) is 0 Å². The molecule has 1 aliphatic rings. The second-order valence-corrected chi connectivity index (χ2v) is 7.69. The Morgan fingerprint density at radius 3 is 1.67 bits per heavy atom. The summed E-state index contributed by atoms with van der Waals surface area (Å²) >= 11 is 0. The van der Waals surface area contributed by atoms with Gasteiger partial charge in [0, 0.05) is 17.2 Å². The maximum Gasteiger partial charge on any atom is 0.160 e. The van der Waals surface area contributed by atoms with E-state index in [1.54, 1.807) is 0 Å². The summed E-state index contributed by atoms with van der Waals surface area (Å²) in [5, 5.41) is 1.93. The van der Waals surface area contributed by atoms with Crippen LogP contribution in [0.4, 0.5) is 0 Å². The number of hydrogen-bond donors (Lipinski definition) is 0. The molecule has 0 aromatic heterocycles. The van der Waals surface area contributed by atoms with Crippen molar-refractivity contribution in [1.29, 1.82) is 0 Å². The van der Waals surface area contributed by atoms with Crippen LogP contribution in [0.15, 0.2) is 60.7 Å². The summed E-state index contributed by atoms with van der Waals surface area (Å²) in [6, 6.07) is 19.7. The summed E-state index contributed by atoms with van der Waals surface area (Å²) in [5.74, 6) is 0.169. The smallest absolute Gasteiger partial charge is 0.160 e. The Bertz CT molecular complexity index is 538. The Labute approximate surface area is 108 Å². The van der Waals surface area contributed by atoms with E-state index in [9.17, 15) is 4.57 Å². The van der Waals surface area contributed by atoms with Gasteiger partial charge in [0.15, 0.2) is 7.14 Å². The van der Waals surface area contributed by atoms with Crippen molar-refractivity contribution < 1.29 is 4.57 Å². The van der Waals surface area contributed by atoms with Gasteiger partial charge in [-0.1, -0.05) is 60.7 Å². The molecule has 2 aromatic carbocycles. The molecule has 2 nitrogen and oxygen atoms in total. The van der Waals surface area contributed by atoms with Gasteiger partial charge in [0.05, 0.1) is 5.78 Å². The quantitative estimate of drug-likeness (QED) is 0.621. The van der Waals surface area contributed by atoms with E-state index in [0.29, 0.717) is 0 Å². The van der Waals surface area contributed by atoms with Crippen LogP contribution >= 0.6 is 7.14 Å². The molecule has 1 fully saturated rings. The van der Waals surface area contributed by atoms with Gasteiger partial charge in [-0.2, -0.15) is 0 Å². The number of nitrogens with zero attached hydrogens (tertiary/aromatic N) is 1. The van der Waals surface area contributed by atoms with Gasteiger partial charge in [-0.25, -0.2) is 0 Å². The van der Waals surface area contributed by atoms with Crippen molar-refractivity contribution in [3.05, 3.63) is 60.7 Å². The van der Waals surface area contributed by atoms with Crippen LogP contribution in [-0.2, 0) is 4.57 Å². The molecule has 2 aromatic rings. The van der Waals surface area contributed by atoms with Crippen molar-refractivity contribution in [2.24, 2.45) is 0 Å². The zero-order valence-electron chi connectivity index (χ0n) is 10.4. The number of benzene rings is 2. The molecule has 0 bridgehead atoms. The molecule has 2 atom stereocenters. The lowest BCUT2D eigenvalue weighted by molar-refractivity contribution is 0.575. The number of hydrogen-bond acceptors (Lipinski definition) is 2. The van der Waals surface area contributed by atoms with E-state index in [1.165, 1.54) is 0 Å². The maximum absolute atomic E-state index is 13.5. The predicted molar refractivity (Wildman–Crippen MR) is 76.2 cm³/mol. The van der Waals surface area contributed by atoms with Crippen LogP contribution in [0.1, 0.15) is 0 Å². The molecule has 0 N–H and O–H groups in total. The van der Waals surface area contributed by atoms with Gasteiger partial charge in [0.25, 0.3) is 0 Å². The monoisotopic (exact) mass is 257 g/mol. The van der Waals surface area contributed by atoms with Gasteiger partial charge >= 0.3 is 0 Å². The topological polar surface area (TPSA) is 20.1 Å². The summed E-state index contributed by atoms with van der Waals surface area (Å²) in [6.07, 6.45) is 0. The first-order valence-corrected chi connectivity index (χ1v) is 7.92. The summed E-state index contributed by atoms with van der Waals surface area (Å²) in [4.78, 5) is 2.15. The minimum absolute atomic E-state index is 0.169. The lowest BCUT2D eigenvalue weighted by Gasteiger charge is -2.18. The average Bonchev–Trinajstić information content (AvgIpc) is 3.17. The second kappa shape index (κ2) is 4.38. The zero-order valence-corrected chi connectivity index (χ0v) is 11.3. The third-order valence-electron chi connectivity index (χ3n) is 3.53. The third kappa shape index (κ3) is 1.82. The van der Waals surface area contributed by atoms with E-state index in [0.717, 1.165) is 17.2 Å². The molecule has 2 unspecified atom stereocenters. The van der Waals surface area contributed by atoms with Crippen molar-refractivity contribution in [3.8, 4) is 0 Å². The summed E-state index contributed by atoms with van der Waals surface area (Å²) < 4.78 is 13.5. The first-order chi connectivity index (χ1) is 8.73. The molecule has 0 radical (unpaired) electrons. The minimum Gasteiger partial charge on any atom is -0.312 e. The molecule has 1 aliphatic heterocycles. The van der Waals surface area contributed by atoms with Crippen LogP contribution in [0.3, 0.4) is 0 Å². The second-order valence-electron chi connectivity index (χ2n) is 4.75. The molecular weight excluding hydrogens is 241 g/mol.